The minimum absolute atomic E-state index is 0.169. The van der Waals surface area contributed by atoms with Crippen molar-refractivity contribution in [2.24, 2.45) is 5.41 Å². The molecule has 114 valence electrons. The summed E-state index contributed by atoms with van der Waals surface area (Å²) in [5.74, 6) is -0.994. The van der Waals surface area contributed by atoms with E-state index in [9.17, 15) is 14.7 Å². The number of likely N-dealkylation sites (tertiary alicyclic amines) is 1. The van der Waals surface area contributed by atoms with Crippen LogP contribution in [0, 0.1) is 5.41 Å². The molecule has 1 aliphatic rings. The van der Waals surface area contributed by atoms with Gasteiger partial charge in [-0.1, -0.05) is 34.5 Å². The molecule has 1 aromatic carbocycles. The van der Waals surface area contributed by atoms with Gasteiger partial charge in [0.25, 0.3) is 5.91 Å². The highest BCUT2D eigenvalue weighted by atomic mass is 79.9. The number of carbonyl (C=O) groups is 2. The minimum Gasteiger partial charge on any atom is -0.481 e. The molecule has 1 atom stereocenters. The van der Waals surface area contributed by atoms with E-state index in [1.165, 1.54) is 0 Å². The lowest BCUT2D eigenvalue weighted by Gasteiger charge is -2.39. The Hall–Kier alpha value is -1.07. The number of carbonyl (C=O) groups excluding carboxylic acids is 1. The van der Waals surface area contributed by atoms with Gasteiger partial charge in [-0.05, 0) is 37.5 Å². The monoisotopic (exact) mass is 373 g/mol. The summed E-state index contributed by atoms with van der Waals surface area (Å²) in [6.07, 6.45) is 1.83. The normalized spacial score (nSPS) is 22.1. The molecule has 4 nitrogen and oxygen atoms in total. The highest BCUT2D eigenvalue weighted by Gasteiger charge is 2.42. The number of amides is 1. The lowest BCUT2D eigenvalue weighted by Crippen LogP contribution is -2.49. The van der Waals surface area contributed by atoms with Crippen molar-refractivity contribution in [3.05, 3.63) is 33.3 Å². The highest BCUT2D eigenvalue weighted by Crippen LogP contribution is 2.34. The second kappa shape index (κ2) is 6.36. The van der Waals surface area contributed by atoms with Gasteiger partial charge in [0.1, 0.15) is 0 Å². The summed E-state index contributed by atoms with van der Waals surface area (Å²) in [7, 11) is 0. The molecule has 0 aromatic heterocycles. The Labute approximate surface area is 137 Å². The van der Waals surface area contributed by atoms with Gasteiger partial charge in [0, 0.05) is 28.1 Å². The first-order valence-corrected chi connectivity index (χ1v) is 8.04. The number of carboxylic acid groups (broad SMARTS) is 1. The molecule has 0 saturated carbocycles. The van der Waals surface area contributed by atoms with Crippen molar-refractivity contribution in [2.45, 2.75) is 26.2 Å². The molecule has 1 amide bonds. The van der Waals surface area contributed by atoms with Crippen molar-refractivity contribution in [3.8, 4) is 0 Å². The fourth-order valence-electron chi connectivity index (χ4n) is 2.78. The van der Waals surface area contributed by atoms with E-state index in [1.807, 2.05) is 6.92 Å². The average molecular weight is 375 g/mol. The van der Waals surface area contributed by atoms with Crippen LogP contribution in [0.15, 0.2) is 22.7 Å². The van der Waals surface area contributed by atoms with Crippen LogP contribution >= 0.6 is 27.5 Å². The van der Waals surface area contributed by atoms with E-state index in [0.717, 1.165) is 4.47 Å². The second-order valence-corrected chi connectivity index (χ2v) is 6.78. The lowest BCUT2D eigenvalue weighted by atomic mass is 9.77. The number of hydrogen-bond donors (Lipinski definition) is 1. The standard InChI is InChI=1S/C15H17BrClNO3/c1-2-15(14(20)21)4-3-5-18(9-15)13(19)10-6-11(16)8-12(17)7-10/h6-8H,2-5,9H2,1H3,(H,20,21). The first-order chi connectivity index (χ1) is 9.88. The van der Waals surface area contributed by atoms with Crippen LogP contribution < -0.4 is 0 Å². The van der Waals surface area contributed by atoms with Crippen LogP contribution in [-0.2, 0) is 4.79 Å². The molecule has 21 heavy (non-hydrogen) atoms. The number of nitrogens with zero attached hydrogens (tertiary/aromatic N) is 1. The minimum atomic E-state index is -0.830. The molecule has 1 aliphatic heterocycles. The van der Waals surface area contributed by atoms with Gasteiger partial charge in [0.15, 0.2) is 0 Å². The number of hydrogen-bond acceptors (Lipinski definition) is 2. The van der Waals surface area contributed by atoms with Gasteiger partial charge in [-0.15, -0.1) is 0 Å². The van der Waals surface area contributed by atoms with Gasteiger partial charge in [0.2, 0.25) is 0 Å². The molecule has 1 fully saturated rings. The summed E-state index contributed by atoms with van der Waals surface area (Å²) < 4.78 is 0.732. The maximum absolute atomic E-state index is 12.6. The van der Waals surface area contributed by atoms with Gasteiger partial charge in [-0.25, -0.2) is 0 Å². The topological polar surface area (TPSA) is 57.6 Å². The zero-order valence-electron chi connectivity index (χ0n) is 11.7. The fourth-order valence-corrected chi connectivity index (χ4v) is 3.64. The fraction of sp³-hybridized carbons (Fsp3) is 0.467. The number of piperidine rings is 1. The van der Waals surface area contributed by atoms with E-state index in [0.29, 0.717) is 36.4 Å². The van der Waals surface area contributed by atoms with Crippen LogP contribution in [-0.4, -0.2) is 35.0 Å². The summed E-state index contributed by atoms with van der Waals surface area (Å²) in [6.45, 7) is 2.69. The maximum atomic E-state index is 12.6. The zero-order chi connectivity index (χ0) is 15.6. The van der Waals surface area contributed by atoms with Crippen molar-refractivity contribution in [3.63, 3.8) is 0 Å². The quantitative estimate of drug-likeness (QED) is 0.875. The molecule has 1 heterocycles. The van der Waals surface area contributed by atoms with Crippen molar-refractivity contribution in [1.29, 1.82) is 0 Å². The molecule has 2 rings (SSSR count). The number of benzene rings is 1. The van der Waals surface area contributed by atoms with Crippen LogP contribution in [0.5, 0.6) is 0 Å². The van der Waals surface area contributed by atoms with Gasteiger partial charge < -0.3 is 10.0 Å². The highest BCUT2D eigenvalue weighted by molar-refractivity contribution is 9.10. The third kappa shape index (κ3) is 3.40. The van der Waals surface area contributed by atoms with Gasteiger partial charge >= 0.3 is 5.97 Å². The molecule has 1 unspecified atom stereocenters. The number of aliphatic carboxylic acids is 1. The first-order valence-electron chi connectivity index (χ1n) is 6.87. The van der Waals surface area contributed by atoms with E-state index in [2.05, 4.69) is 15.9 Å². The van der Waals surface area contributed by atoms with Crippen LogP contribution in [0.25, 0.3) is 0 Å². The number of rotatable bonds is 3. The van der Waals surface area contributed by atoms with Crippen molar-refractivity contribution in [1.82, 2.24) is 4.90 Å². The van der Waals surface area contributed by atoms with Crippen LogP contribution in [0.4, 0.5) is 0 Å². The molecule has 0 bridgehead atoms. The van der Waals surface area contributed by atoms with E-state index >= 15 is 0 Å². The van der Waals surface area contributed by atoms with E-state index in [4.69, 9.17) is 11.6 Å². The van der Waals surface area contributed by atoms with Gasteiger partial charge in [-0.3, -0.25) is 9.59 Å². The Kier molecular flexibility index (Phi) is 4.94. The number of halogens is 2. The molecule has 0 spiro atoms. The van der Waals surface area contributed by atoms with Gasteiger partial charge in [0.05, 0.1) is 5.41 Å². The van der Waals surface area contributed by atoms with Gasteiger partial charge in [-0.2, -0.15) is 0 Å². The maximum Gasteiger partial charge on any atom is 0.311 e. The molecule has 0 aliphatic carbocycles. The summed E-state index contributed by atoms with van der Waals surface area (Å²) in [6, 6.07) is 5.02. The predicted octanol–water partition coefficient (Wildman–Crippen LogP) is 3.82. The molecule has 1 N–H and O–H groups in total. The summed E-state index contributed by atoms with van der Waals surface area (Å²) >= 11 is 9.29. The molecular formula is C15H17BrClNO3. The third-order valence-electron chi connectivity index (χ3n) is 4.10. The van der Waals surface area contributed by atoms with Crippen molar-refractivity contribution in [2.75, 3.05) is 13.1 Å². The average Bonchev–Trinajstić information content (AvgIpc) is 2.45. The smallest absolute Gasteiger partial charge is 0.311 e. The summed E-state index contributed by atoms with van der Waals surface area (Å²) in [5, 5.41) is 9.96. The van der Waals surface area contributed by atoms with Crippen LogP contribution in [0.2, 0.25) is 5.02 Å². The molecule has 0 radical (unpaired) electrons. The Balaban J connectivity index is 2.25. The van der Waals surface area contributed by atoms with Crippen molar-refractivity contribution < 1.29 is 14.7 Å². The van der Waals surface area contributed by atoms with E-state index in [1.54, 1.807) is 23.1 Å². The predicted molar refractivity (Wildman–Crippen MR) is 84.6 cm³/mol. The summed E-state index contributed by atoms with van der Waals surface area (Å²) in [5.41, 5.74) is -0.351. The Morgan fingerprint density at radius 3 is 2.71 bits per heavy atom. The molecule has 6 heteroatoms. The van der Waals surface area contributed by atoms with Crippen molar-refractivity contribution >= 4 is 39.4 Å². The van der Waals surface area contributed by atoms with Crippen LogP contribution in [0.1, 0.15) is 36.5 Å². The van der Waals surface area contributed by atoms with E-state index < -0.39 is 11.4 Å². The largest absolute Gasteiger partial charge is 0.481 e. The Morgan fingerprint density at radius 1 is 1.43 bits per heavy atom. The Bertz CT molecular complexity index is 558. The second-order valence-electron chi connectivity index (χ2n) is 5.43. The first kappa shape index (κ1) is 16.3. The number of carboxylic acids is 1. The summed E-state index contributed by atoms with van der Waals surface area (Å²) in [4.78, 5) is 25.8. The SMILES string of the molecule is CCC1(C(=O)O)CCCN(C(=O)c2cc(Cl)cc(Br)c2)C1. The molecular weight excluding hydrogens is 358 g/mol. The van der Waals surface area contributed by atoms with Crippen LogP contribution in [0.3, 0.4) is 0 Å². The zero-order valence-corrected chi connectivity index (χ0v) is 14.1. The molecule has 1 saturated heterocycles. The Morgan fingerprint density at radius 2 is 2.14 bits per heavy atom. The third-order valence-corrected chi connectivity index (χ3v) is 4.78. The van der Waals surface area contributed by atoms with E-state index in [-0.39, 0.29) is 12.5 Å². The lowest BCUT2D eigenvalue weighted by molar-refractivity contribution is -0.152. The molecule has 1 aromatic rings.